The summed E-state index contributed by atoms with van der Waals surface area (Å²) in [4.78, 5) is 24.0. The van der Waals surface area contributed by atoms with Crippen LogP contribution in [0.15, 0.2) is 42.6 Å². The first-order valence-corrected chi connectivity index (χ1v) is 8.78. The molecule has 1 atom stereocenters. The highest BCUT2D eigenvalue weighted by Crippen LogP contribution is 2.12. The van der Waals surface area contributed by atoms with Crippen LogP contribution in [0.3, 0.4) is 0 Å². The molecule has 0 bridgehead atoms. The average molecular weight is 387 g/mol. The summed E-state index contributed by atoms with van der Waals surface area (Å²) >= 11 is 0. The summed E-state index contributed by atoms with van der Waals surface area (Å²) < 4.78 is 28.2. The number of carbonyl (C=O) groups is 2. The number of pyridine rings is 1. The van der Waals surface area contributed by atoms with Gasteiger partial charge in [-0.05, 0) is 37.6 Å². The summed E-state index contributed by atoms with van der Waals surface area (Å²) in [5.74, 6) is -1.92. The fourth-order valence-corrected chi connectivity index (χ4v) is 2.75. The van der Waals surface area contributed by atoms with E-state index >= 15 is 0 Å². The summed E-state index contributed by atoms with van der Waals surface area (Å²) in [5.41, 5.74) is 0.451. The minimum Gasteiger partial charge on any atom is -0.352 e. The van der Waals surface area contributed by atoms with Crippen molar-refractivity contribution in [2.45, 2.75) is 25.8 Å². The van der Waals surface area contributed by atoms with Crippen LogP contribution in [0.1, 0.15) is 42.0 Å². The van der Waals surface area contributed by atoms with Gasteiger partial charge in [0.05, 0.1) is 11.6 Å². The Kier molecular flexibility index (Phi) is 5.93. The molecule has 3 aromatic rings. The summed E-state index contributed by atoms with van der Waals surface area (Å²) in [5, 5.41) is 13.5. The van der Waals surface area contributed by atoms with E-state index < -0.39 is 17.5 Å². The zero-order chi connectivity index (χ0) is 20.1. The Hall–Kier alpha value is -3.36. The number of nitrogens with zero attached hydrogens (tertiary/aromatic N) is 3. The second kappa shape index (κ2) is 8.55. The van der Waals surface area contributed by atoms with Gasteiger partial charge in [0.1, 0.15) is 11.6 Å². The summed E-state index contributed by atoms with van der Waals surface area (Å²) in [7, 11) is 0. The van der Waals surface area contributed by atoms with Gasteiger partial charge in [-0.25, -0.2) is 8.78 Å². The second-order valence-electron chi connectivity index (χ2n) is 6.26. The van der Waals surface area contributed by atoms with Crippen molar-refractivity contribution in [3.8, 4) is 0 Å². The predicted molar refractivity (Wildman–Crippen MR) is 97.5 cm³/mol. The van der Waals surface area contributed by atoms with Gasteiger partial charge in [-0.15, -0.1) is 10.2 Å². The van der Waals surface area contributed by atoms with Crippen LogP contribution in [0.5, 0.6) is 0 Å². The van der Waals surface area contributed by atoms with Gasteiger partial charge in [-0.3, -0.25) is 14.0 Å². The van der Waals surface area contributed by atoms with Crippen LogP contribution < -0.4 is 10.6 Å². The second-order valence-corrected chi connectivity index (χ2v) is 6.26. The quantitative estimate of drug-likeness (QED) is 0.610. The fourth-order valence-electron chi connectivity index (χ4n) is 2.75. The van der Waals surface area contributed by atoms with Gasteiger partial charge in [0.2, 0.25) is 5.91 Å². The van der Waals surface area contributed by atoms with E-state index in [-0.39, 0.29) is 30.5 Å². The molecule has 0 aliphatic carbocycles. The molecular weight excluding hydrogens is 368 g/mol. The van der Waals surface area contributed by atoms with Crippen molar-refractivity contribution in [2.24, 2.45) is 0 Å². The van der Waals surface area contributed by atoms with Crippen molar-refractivity contribution in [1.29, 1.82) is 0 Å². The lowest BCUT2D eigenvalue weighted by Gasteiger charge is -2.12. The SMILES string of the molecule is CC(NC(=O)CCCNC(=O)c1ccc(F)cc1F)c1nnc2ccccn12. The Morgan fingerprint density at radius 3 is 2.79 bits per heavy atom. The Morgan fingerprint density at radius 2 is 2.00 bits per heavy atom. The van der Waals surface area contributed by atoms with Crippen LogP contribution >= 0.6 is 0 Å². The van der Waals surface area contributed by atoms with Gasteiger partial charge in [-0.1, -0.05) is 6.07 Å². The van der Waals surface area contributed by atoms with Gasteiger partial charge >= 0.3 is 0 Å². The Bertz CT molecular complexity index is 1000. The van der Waals surface area contributed by atoms with E-state index in [1.807, 2.05) is 24.4 Å². The van der Waals surface area contributed by atoms with E-state index in [4.69, 9.17) is 0 Å². The van der Waals surface area contributed by atoms with E-state index in [0.717, 1.165) is 12.1 Å². The molecule has 0 spiro atoms. The van der Waals surface area contributed by atoms with Crippen molar-refractivity contribution in [1.82, 2.24) is 25.2 Å². The highest BCUT2D eigenvalue weighted by molar-refractivity contribution is 5.94. The van der Waals surface area contributed by atoms with Gasteiger partial charge in [0.25, 0.3) is 5.91 Å². The van der Waals surface area contributed by atoms with Gasteiger partial charge in [0.15, 0.2) is 11.5 Å². The number of rotatable bonds is 7. The van der Waals surface area contributed by atoms with Crippen LogP contribution in [-0.4, -0.2) is 33.0 Å². The molecular formula is C19H19F2N5O2. The maximum absolute atomic E-state index is 13.5. The molecule has 28 heavy (non-hydrogen) atoms. The summed E-state index contributed by atoms with van der Waals surface area (Å²) in [6.45, 7) is 1.99. The van der Waals surface area contributed by atoms with Crippen molar-refractivity contribution in [3.05, 3.63) is 65.6 Å². The number of fused-ring (bicyclic) bond motifs is 1. The Balaban J connectivity index is 1.45. The smallest absolute Gasteiger partial charge is 0.254 e. The minimum absolute atomic E-state index is 0.174. The van der Waals surface area contributed by atoms with E-state index in [1.54, 1.807) is 11.3 Å². The maximum atomic E-state index is 13.5. The van der Waals surface area contributed by atoms with Gasteiger partial charge in [-0.2, -0.15) is 0 Å². The normalized spacial score (nSPS) is 12.0. The number of aromatic nitrogens is 3. The molecule has 1 aromatic carbocycles. The maximum Gasteiger partial charge on any atom is 0.254 e. The largest absolute Gasteiger partial charge is 0.352 e. The lowest BCUT2D eigenvalue weighted by molar-refractivity contribution is -0.121. The lowest BCUT2D eigenvalue weighted by Crippen LogP contribution is -2.30. The van der Waals surface area contributed by atoms with Gasteiger partial charge < -0.3 is 10.6 Å². The van der Waals surface area contributed by atoms with Crippen molar-refractivity contribution < 1.29 is 18.4 Å². The average Bonchev–Trinajstić information content (AvgIpc) is 3.09. The van der Waals surface area contributed by atoms with Crippen LogP contribution in [0.4, 0.5) is 8.78 Å². The molecule has 0 radical (unpaired) electrons. The van der Waals surface area contributed by atoms with Crippen LogP contribution in [0.2, 0.25) is 0 Å². The number of benzene rings is 1. The predicted octanol–water partition coefficient (Wildman–Crippen LogP) is 2.39. The molecule has 0 aliphatic heterocycles. The van der Waals surface area contributed by atoms with Crippen LogP contribution in [0, 0.1) is 11.6 Å². The molecule has 0 fully saturated rings. The first-order valence-electron chi connectivity index (χ1n) is 8.78. The molecule has 9 heteroatoms. The molecule has 0 aliphatic rings. The first-order chi connectivity index (χ1) is 13.5. The van der Waals surface area contributed by atoms with E-state index in [1.165, 1.54) is 0 Å². The first kappa shape index (κ1) is 19.4. The molecule has 0 saturated heterocycles. The summed E-state index contributed by atoms with van der Waals surface area (Å²) in [6, 6.07) is 7.92. The molecule has 1 unspecified atom stereocenters. The third-order valence-electron chi connectivity index (χ3n) is 4.15. The minimum atomic E-state index is -0.926. The molecule has 2 aromatic heterocycles. The molecule has 146 valence electrons. The van der Waals surface area contributed by atoms with E-state index in [0.29, 0.717) is 24.0 Å². The highest BCUT2D eigenvalue weighted by atomic mass is 19.1. The van der Waals surface area contributed by atoms with Gasteiger partial charge in [0, 0.05) is 25.2 Å². The Labute approximate surface area is 159 Å². The number of nitrogens with one attached hydrogen (secondary N) is 2. The molecule has 2 heterocycles. The third-order valence-corrected chi connectivity index (χ3v) is 4.15. The molecule has 3 rings (SSSR count). The number of hydrogen-bond acceptors (Lipinski definition) is 4. The highest BCUT2D eigenvalue weighted by Gasteiger charge is 2.16. The number of hydrogen-bond donors (Lipinski definition) is 2. The van der Waals surface area contributed by atoms with Crippen LogP contribution in [-0.2, 0) is 4.79 Å². The van der Waals surface area contributed by atoms with Crippen molar-refractivity contribution in [3.63, 3.8) is 0 Å². The fraction of sp³-hybridized carbons (Fsp3) is 0.263. The molecule has 2 amide bonds. The molecule has 2 N–H and O–H groups in total. The van der Waals surface area contributed by atoms with Crippen LogP contribution in [0.25, 0.3) is 5.65 Å². The monoisotopic (exact) mass is 387 g/mol. The number of amides is 2. The summed E-state index contributed by atoms with van der Waals surface area (Å²) in [6.07, 6.45) is 2.36. The molecule has 7 nitrogen and oxygen atoms in total. The third kappa shape index (κ3) is 4.48. The van der Waals surface area contributed by atoms with Crippen molar-refractivity contribution >= 4 is 17.5 Å². The Morgan fingerprint density at radius 1 is 1.18 bits per heavy atom. The van der Waals surface area contributed by atoms with E-state index in [2.05, 4.69) is 20.8 Å². The zero-order valence-electron chi connectivity index (χ0n) is 15.2. The number of carbonyl (C=O) groups excluding carboxylic acids is 2. The topological polar surface area (TPSA) is 88.4 Å². The van der Waals surface area contributed by atoms with Crippen molar-refractivity contribution in [2.75, 3.05) is 6.54 Å². The lowest BCUT2D eigenvalue weighted by atomic mass is 10.2. The standard InChI is InChI=1S/C19H19F2N5O2/c1-12(18-25-24-16-5-2-3-10-26(16)18)23-17(27)6-4-9-22-19(28)14-8-7-13(20)11-15(14)21/h2-3,5,7-8,10-12H,4,6,9H2,1H3,(H,22,28)(H,23,27). The van der Waals surface area contributed by atoms with E-state index in [9.17, 15) is 18.4 Å². The number of halogens is 2. The zero-order valence-corrected chi connectivity index (χ0v) is 15.2. The molecule has 0 saturated carbocycles.